The summed E-state index contributed by atoms with van der Waals surface area (Å²) in [5, 5.41) is 6.06. The molecule has 0 aliphatic rings. The van der Waals surface area contributed by atoms with Gasteiger partial charge in [0.2, 0.25) is 0 Å². The Balaban J connectivity index is 1.86. The molecule has 0 saturated carbocycles. The summed E-state index contributed by atoms with van der Waals surface area (Å²) in [6, 6.07) is 20.5. The monoisotopic (exact) mass is 367 g/mol. The van der Waals surface area contributed by atoms with Crippen LogP contribution in [0.5, 0.6) is 0 Å². The summed E-state index contributed by atoms with van der Waals surface area (Å²) in [6.45, 7) is 0. The number of nitrogens with one attached hydrogen (secondary N) is 2. The average Bonchev–Trinajstić information content (AvgIpc) is 2.58. The van der Waals surface area contributed by atoms with Crippen LogP contribution in [-0.4, -0.2) is 10.9 Å². The predicted octanol–water partition coefficient (Wildman–Crippen LogP) is 4.84. The third kappa shape index (κ3) is 3.76. The topological polar surface area (TPSA) is 54.0 Å². The summed E-state index contributed by atoms with van der Waals surface area (Å²) in [7, 11) is 0. The van der Waals surface area contributed by atoms with E-state index in [1.807, 2.05) is 54.6 Å². The van der Waals surface area contributed by atoms with Crippen molar-refractivity contribution in [3.05, 3.63) is 83.0 Å². The van der Waals surface area contributed by atoms with Crippen LogP contribution in [0.4, 0.5) is 17.2 Å². The molecule has 3 aromatic rings. The summed E-state index contributed by atoms with van der Waals surface area (Å²) >= 11 is 3.48. The van der Waals surface area contributed by atoms with Crippen molar-refractivity contribution in [1.82, 2.24) is 4.98 Å². The Morgan fingerprint density at radius 1 is 0.913 bits per heavy atom. The molecule has 0 atom stereocenters. The molecule has 0 unspecified atom stereocenters. The standard InChI is InChI=1S/C18H14BrN3O/c19-15-10-4-5-11-16(15)22-17-14(9-6-12-20-17)18(23)21-13-7-2-1-3-8-13/h1-12H,(H,20,22)(H,21,23). The van der Waals surface area contributed by atoms with Crippen LogP contribution in [0.15, 0.2) is 77.4 Å². The van der Waals surface area contributed by atoms with Crippen molar-refractivity contribution in [1.29, 1.82) is 0 Å². The van der Waals surface area contributed by atoms with E-state index < -0.39 is 0 Å². The zero-order chi connectivity index (χ0) is 16.1. The van der Waals surface area contributed by atoms with Gasteiger partial charge < -0.3 is 10.6 Å². The molecule has 0 spiro atoms. The van der Waals surface area contributed by atoms with Gasteiger partial charge in [-0.05, 0) is 52.3 Å². The number of halogens is 1. The SMILES string of the molecule is O=C(Nc1ccccc1)c1cccnc1Nc1ccccc1Br. The van der Waals surface area contributed by atoms with Crippen molar-refractivity contribution in [2.24, 2.45) is 0 Å². The number of benzene rings is 2. The van der Waals surface area contributed by atoms with E-state index in [0.29, 0.717) is 11.4 Å². The normalized spacial score (nSPS) is 10.1. The van der Waals surface area contributed by atoms with Crippen LogP contribution >= 0.6 is 15.9 Å². The fourth-order valence-corrected chi connectivity index (χ4v) is 2.48. The number of aromatic nitrogens is 1. The Morgan fingerprint density at radius 3 is 2.43 bits per heavy atom. The fourth-order valence-electron chi connectivity index (χ4n) is 2.10. The third-order valence-corrected chi connectivity index (χ3v) is 3.90. The predicted molar refractivity (Wildman–Crippen MR) is 96.1 cm³/mol. The maximum atomic E-state index is 12.5. The molecule has 0 aliphatic heterocycles. The first-order valence-corrected chi connectivity index (χ1v) is 7.86. The Kier molecular flexibility index (Phi) is 4.68. The van der Waals surface area contributed by atoms with Gasteiger partial charge in [0.25, 0.3) is 5.91 Å². The third-order valence-electron chi connectivity index (χ3n) is 3.21. The molecule has 0 radical (unpaired) electrons. The first kappa shape index (κ1) is 15.2. The first-order valence-electron chi connectivity index (χ1n) is 7.07. The highest BCUT2D eigenvalue weighted by atomic mass is 79.9. The molecule has 0 saturated heterocycles. The Hall–Kier alpha value is -2.66. The summed E-state index contributed by atoms with van der Waals surface area (Å²) in [6.07, 6.45) is 1.65. The van der Waals surface area contributed by atoms with E-state index in [2.05, 4.69) is 31.5 Å². The zero-order valence-corrected chi connectivity index (χ0v) is 13.7. The van der Waals surface area contributed by atoms with Gasteiger partial charge in [-0.3, -0.25) is 4.79 Å². The van der Waals surface area contributed by atoms with E-state index in [-0.39, 0.29) is 5.91 Å². The average molecular weight is 368 g/mol. The van der Waals surface area contributed by atoms with Gasteiger partial charge in [0.1, 0.15) is 5.82 Å². The lowest BCUT2D eigenvalue weighted by atomic mass is 10.2. The number of rotatable bonds is 4. The molecule has 2 aromatic carbocycles. The number of carbonyl (C=O) groups excluding carboxylic acids is 1. The van der Waals surface area contributed by atoms with E-state index in [1.165, 1.54) is 0 Å². The molecular formula is C18H14BrN3O. The lowest BCUT2D eigenvalue weighted by Crippen LogP contribution is -2.14. The minimum Gasteiger partial charge on any atom is -0.339 e. The Morgan fingerprint density at radius 2 is 1.65 bits per heavy atom. The number of nitrogens with zero attached hydrogens (tertiary/aromatic N) is 1. The summed E-state index contributed by atoms with van der Waals surface area (Å²) < 4.78 is 0.903. The number of para-hydroxylation sites is 2. The molecule has 0 fully saturated rings. The van der Waals surface area contributed by atoms with Crippen LogP contribution in [0.2, 0.25) is 0 Å². The maximum Gasteiger partial charge on any atom is 0.259 e. The first-order chi connectivity index (χ1) is 11.2. The van der Waals surface area contributed by atoms with Gasteiger partial charge in [-0.1, -0.05) is 30.3 Å². The molecule has 1 heterocycles. The van der Waals surface area contributed by atoms with Gasteiger partial charge in [-0.15, -0.1) is 0 Å². The molecule has 23 heavy (non-hydrogen) atoms. The molecule has 4 nitrogen and oxygen atoms in total. The summed E-state index contributed by atoms with van der Waals surface area (Å²) in [5.74, 6) is 0.298. The van der Waals surface area contributed by atoms with E-state index >= 15 is 0 Å². The number of amides is 1. The molecule has 1 amide bonds. The lowest BCUT2D eigenvalue weighted by Gasteiger charge is -2.12. The Labute approximate surface area is 142 Å². The van der Waals surface area contributed by atoms with Crippen LogP contribution in [0, 0.1) is 0 Å². The van der Waals surface area contributed by atoms with E-state index in [0.717, 1.165) is 15.8 Å². The Bertz CT molecular complexity index is 821. The van der Waals surface area contributed by atoms with Crippen LogP contribution in [0.3, 0.4) is 0 Å². The minimum atomic E-state index is -0.209. The van der Waals surface area contributed by atoms with Crippen molar-refractivity contribution in [3.63, 3.8) is 0 Å². The minimum absolute atomic E-state index is 0.209. The molecule has 114 valence electrons. The van der Waals surface area contributed by atoms with Crippen molar-refractivity contribution in [2.75, 3.05) is 10.6 Å². The number of pyridine rings is 1. The molecule has 2 N–H and O–H groups in total. The highest BCUT2D eigenvalue weighted by molar-refractivity contribution is 9.10. The summed E-state index contributed by atoms with van der Waals surface area (Å²) in [5.41, 5.74) is 2.07. The number of hydrogen-bond acceptors (Lipinski definition) is 3. The van der Waals surface area contributed by atoms with Crippen molar-refractivity contribution >= 4 is 39.0 Å². The van der Waals surface area contributed by atoms with Crippen LogP contribution in [0.1, 0.15) is 10.4 Å². The smallest absolute Gasteiger partial charge is 0.259 e. The van der Waals surface area contributed by atoms with Crippen molar-refractivity contribution in [2.45, 2.75) is 0 Å². The highest BCUT2D eigenvalue weighted by Gasteiger charge is 2.13. The van der Waals surface area contributed by atoms with Gasteiger partial charge in [0, 0.05) is 16.4 Å². The largest absolute Gasteiger partial charge is 0.339 e. The molecular weight excluding hydrogens is 354 g/mol. The van der Waals surface area contributed by atoms with E-state index in [4.69, 9.17) is 0 Å². The van der Waals surface area contributed by atoms with Gasteiger partial charge in [-0.25, -0.2) is 4.98 Å². The van der Waals surface area contributed by atoms with Gasteiger partial charge in [-0.2, -0.15) is 0 Å². The van der Waals surface area contributed by atoms with Gasteiger partial charge in [0.15, 0.2) is 0 Å². The van der Waals surface area contributed by atoms with Crippen LogP contribution < -0.4 is 10.6 Å². The van der Waals surface area contributed by atoms with Crippen LogP contribution in [0.25, 0.3) is 0 Å². The second-order valence-corrected chi connectivity index (χ2v) is 5.68. The molecule has 5 heteroatoms. The highest BCUT2D eigenvalue weighted by Crippen LogP contribution is 2.26. The second kappa shape index (κ2) is 7.07. The molecule has 0 bridgehead atoms. The van der Waals surface area contributed by atoms with Crippen molar-refractivity contribution < 1.29 is 4.79 Å². The lowest BCUT2D eigenvalue weighted by molar-refractivity contribution is 0.102. The second-order valence-electron chi connectivity index (χ2n) is 4.82. The maximum absolute atomic E-state index is 12.5. The van der Waals surface area contributed by atoms with E-state index in [1.54, 1.807) is 18.3 Å². The number of anilines is 3. The van der Waals surface area contributed by atoms with E-state index in [9.17, 15) is 4.79 Å². The van der Waals surface area contributed by atoms with Gasteiger partial charge in [0.05, 0.1) is 11.3 Å². The zero-order valence-electron chi connectivity index (χ0n) is 12.2. The quantitative estimate of drug-likeness (QED) is 0.693. The van der Waals surface area contributed by atoms with Crippen LogP contribution in [-0.2, 0) is 0 Å². The molecule has 1 aromatic heterocycles. The van der Waals surface area contributed by atoms with Crippen molar-refractivity contribution in [3.8, 4) is 0 Å². The summed E-state index contributed by atoms with van der Waals surface area (Å²) in [4.78, 5) is 16.8. The number of carbonyl (C=O) groups is 1. The molecule has 3 rings (SSSR count). The fraction of sp³-hybridized carbons (Fsp3) is 0. The number of hydrogen-bond donors (Lipinski definition) is 2. The van der Waals surface area contributed by atoms with Gasteiger partial charge >= 0.3 is 0 Å². The molecule has 0 aliphatic carbocycles.